The van der Waals surface area contributed by atoms with Crippen molar-refractivity contribution in [1.29, 1.82) is 0 Å². The maximum atomic E-state index is 2.43. The third kappa shape index (κ3) is 2.39. The highest BCUT2D eigenvalue weighted by Crippen LogP contribution is 2.44. The van der Waals surface area contributed by atoms with Crippen molar-refractivity contribution in [2.45, 2.75) is 0 Å². The van der Waals surface area contributed by atoms with E-state index in [1.165, 1.54) is 49.1 Å². The molecule has 4 heterocycles. The minimum absolute atomic E-state index is 0.288. The summed E-state index contributed by atoms with van der Waals surface area (Å²) in [6.07, 6.45) is 0. The molecule has 5 aromatic rings. The lowest BCUT2D eigenvalue weighted by Gasteiger charge is -2.41. The van der Waals surface area contributed by atoms with Crippen molar-refractivity contribution in [3.63, 3.8) is 0 Å². The number of rotatable bonds is 2. The Bertz CT molecular complexity index is 1300. The monoisotopic (exact) mass is 432 g/mol. The van der Waals surface area contributed by atoms with Crippen LogP contribution in [0.3, 0.4) is 0 Å². The van der Waals surface area contributed by atoms with E-state index < -0.39 is 0 Å². The molecule has 2 aliphatic rings. The van der Waals surface area contributed by atoms with Gasteiger partial charge in [0, 0.05) is 32.3 Å². The minimum Gasteiger partial charge on any atom is -0.311 e. The lowest BCUT2D eigenvalue weighted by atomic mass is 9.39. The Balaban J connectivity index is 1.56. The molecule has 2 aromatic heterocycles. The minimum atomic E-state index is 0.288. The van der Waals surface area contributed by atoms with Crippen molar-refractivity contribution in [2.75, 3.05) is 9.80 Å². The van der Waals surface area contributed by atoms with Gasteiger partial charge in [-0.1, -0.05) is 42.5 Å². The zero-order chi connectivity index (χ0) is 20.4. The fourth-order valence-electron chi connectivity index (χ4n) is 5.01. The summed E-state index contributed by atoms with van der Waals surface area (Å²) < 4.78 is 2.86. The third-order valence-electron chi connectivity index (χ3n) is 6.21. The summed E-state index contributed by atoms with van der Waals surface area (Å²) in [7, 11) is 0. The predicted molar refractivity (Wildman–Crippen MR) is 136 cm³/mol. The first-order valence-corrected chi connectivity index (χ1v) is 12.2. The fraction of sp³-hybridized carbons (Fsp3) is 0. The number of nitrogens with zero attached hydrogens (tertiary/aromatic N) is 2. The number of anilines is 6. The van der Waals surface area contributed by atoms with Crippen LogP contribution in [0.5, 0.6) is 0 Å². The Morgan fingerprint density at radius 1 is 0.484 bits per heavy atom. The normalized spacial score (nSPS) is 13.6. The summed E-state index contributed by atoms with van der Waals surface area (Å²) in [5.41, 5.74) is 8.98. The van der Waals surface area contributed by atoms with Gasteiger partial charge in [-0.25, -0.2) is 0 Å². The molecule has 0 N–H and O–H groups in total. The summed E-state index contributed by atoms with van der Waals surface area (Å²) in [4.78, 5) is 4.87. The van der Waals surface area contributed by atoms with E-state index in [0.717, 1.165) is 0 Å². The second kappa shape index (κ2) is 6.61. The van der Waals surface area contributed by atoms with E-state index in [1.54, 1.807) is 0 Å². The van der Waals surface area contributed by atoms with Gasteiger partial charge in [0.2, 0.25) is 0 Å². The number of hydrogen-bond acceptors (Lipinski definition) is 4. The van der Waals surface area contributed by atoms with E-state index in [-0.39, 0.29) is 6.71 Å². The van der Waals surface area contributed by atoms with Crippen LogP contribution < -0.4 is 24.8 Å². The first-order valence-electron chi connectivity index (χ1n) is 10.4. The summed E-state index contributed by atoms with van der Waals surface area (Å²) in [5.74, 6) is 0. The number of benzene rings is 3. The molecule has 0 bridgehead atoms. The topological polar surface area (TPSA) is 6.48 Å². The molecule has 146 valence electrons. The molecule has 0 fully saturated rings. The lowest BCUT2D eigenvalue weighted by Crippen LogP contribution is -2.59. The molecular formula is C26H17BN2S2. The summed E-state index contributed by atoms with van der Waals surface area (Å²) in [5, 5.41) is 4.48. The van der Waals surface area contributed by atoms with Gasteiger partial charge in [-0.3, -0.25) is 0 Å². The maximum Gasteiger partial charge on any atom is 0.277 e. The van der Waals surface area contributed by atoms with Crippen molar-refractivity contribution in [3.8, 4) is 0 Å². The van der Waals surface area contributed by atoms with Gasteiger partial charge in [0.1, 0.15) is 0 Å². The molecule has 31 heavy (non-hydrogen) atoms. The van der Waals surface area contributed by atoms with Crippen LogP contribution in [0.15, 0.2) is 102 Å². The highest BCUT2D eigenvalue weighted by molar-refractivity contribution is 7.35. The third-order valence-corrected chi connectivity index (χ3v) is 8.15. The Labute approximate surface area is 189 Å². The molecule has 3 aromatic carbocycles. The average molecular weight is 432 g/mol. The lowest BCUT2D eigenvalue weighted by molar-refractivity contribution is 1.27. The molecule has 2 aliphatic heterocycles. The van der Waals surface area contributed by atoms with Crippen LogP contribution in [0, 0.1) is 0 Å². The highest BCUT2D eigenvalue weighted by Gasteiger charge is 2.44. The Morgan fingerprint density at radius 3 is 1.45 bits per heavy atom. The fourth-order valence-corrected chi connectivity index (χ4v) is 7.07. The first-order chi connectivity index (χ1) is 15.4. The van der Waals surface area contributed by atoms with Crippen LogP contribution in [-0.4, -0.2) is 6.71 Å². The van der Waals surface area contributed by atoms with Crippen molar-refractivity contribution in [2.24, 2.45) is 0 Å². The molecule has 2 nitrogen and oxygen atoms in total. The quantitative estimate of drug-likeness (QED) is 0.314. The largest absolute Gasteiger partial charge is 0.311 e. The van der Waals surface area contributed by atoms with Crippen LogP contribution in [0.4, 0.5) is 34.1 Å². The van der Waals surface area contributed by atoms with Gasteiger partial charge in [0.05, 0.1) is 11.4 Å². The maximum absolute atomic E-state index is 2.43. The van der Waals surface area contributed by atoms with Gasteiger partial charge >= 0.3 is 0 Å². The molecule has 0 atom stereocenters. The number of hydrogen-bond donors (Lipinski definition) is 0. The zero-order valence-electron chi connectivity index (χ0n) is 16.6. The van der Waals surface area contributed by atoms with E-state index in [4.69, 9.17) is 0 Å². The van der Waals surface area contributed by atoms with E-state index >= 15 is 0 Å². The van der Waals surface area contributed by atoms with Crippen LogP contribution in [-0.2, 0) is 0 Å². The molecule has 5 heteroatoms. The van der Waals surface area contributed by atoms with Gasteiger partial charge in [-0.15, -0.1) is 0 Å². The van der Waals surface area contributed by atoms with E-state index in [1.807, 2.05) is 22.7 Å². The second-order valence-corrected chi connectivity index (χ2v) is 9.72. The summed E-state index contributed by atoms with van der Waals surface area (Å²) in [6.45, 7) is 0.288. The van der Waals surface area contributed by atoms with Crippen LogP contribution in [0.2, 0.25) is 0 Å². The number of thiophene rings is 2. The van der Waals surface area contributed by atoms with E-state index in [9.17, 15) is 0 Å². The molecule has 0 aliphatic carbocycles. The Morgan fingerprint density at radius 2 is 0.968 bits per heavy atom. The van der Waals surface area contributed by atoms with Crippen molar-refractivity contribution >= 4 is 78.5 Å². The van der Waals surface area contributed by atoms with Crippen LogP contribution in [0.1, 0.15) is 0 Å². The predicted octanol–water partition coefficient (Wildman–Crippen LogP) is 5.89. The average Bonchev–Trinajstić information content (AvgIpc) is 3.50. The molecule has 0 amide bonds. The molecule has 0 saturated heterocycles. The second-order valence-electron chi connectivity index (χ2n) is 7.83. The molecule has 7 rings (SSSR count). The van der Waals surface area contributed by atoms with Crippen LogP contribution in [0.25, 0.3) is 0 Å². The molecule has 0 radical (unpaired) electrons. The highest BCUT2D eigenvalue weighted by atomic mass is 32.1. The Hall–Kier alpha value is -3.28. The van der Waals surface area contributed by atoms with Gasteiger partial charge in [-0.2, -0.15) is 22.7 Å². The Kier molecular flexibility index (Phi) is 3.71. The molecule has 0 saturated carbocycles. The number of fused-ring (bicyclic) bond motifs is 4. The number of para-hydroxylation sites is 2. The van der Waals surface area contributed by atoms with E-state index in [0.29, 0.717) is 0 Å². The van der Waals surface area contributed by atoms with Gasteiger partial charge in [-0.05, 0) is 64.8 Å². The SMILES string of the molecule is c1ccc(N2c3ccsc3B3c4sccc4N(c4ccccc4)c4cccc2c43)cc1. The van der Waals surface area contributed by atoms with Crippen molar-refractivity contribution in [3.05, 3.63) is 102 Å². The van der Waals surface area contributed by atoms with Gasteiger partial charge < -0.3 is 9.80 Å². The zero-order valence-corrected chi connectivity index (χ0v) is 18.2. The first kappa shape index (κ1) is 17.4. The van der Waals surface area contributed by atoms with E-state index in [2.05, 4.69) is 112 Å². The van der Waals surface area contributed by atoms with Gasteiger partial charge in [0.25, 0.3) is 6.71 Å². The summed E-state index contributed by atoms with van der Waals surface area (Å²) >= 11 is 3.75. The smallest absolute Gasteiger partial charge is 0.277 e. The molecule has 0 spiro atoms. The van der Waals surface area contributed by atoms with Crippen molar-refractivity contribution < 1.29 is 0 Å². The van der Waals surface area contributed by atoms with Crippen LogP contribution >= 0.6 is 22.7 Å². The molecular weight excluding hydrogens is 415 g/mol. The molecule has 0 unspecified atom stereocenters. The standard InChI is InChI=1S/C26H17BN2S2/c1-3-8-18(9-4-1)28-20-12-7-13-21-24(20)27(25-22(28)14-16-30-25)26-23(15-17-31-26)29(21)19-10-5-2-6-11-19/h1-17H. The van der Waals surface area contributed by atoms with Crippen molar-refractivity contribution in [1.82, 2.24) is 0 Å². The summed E-state index contributed by atoms with van der Waals surface area (Å²) in [6, 6.07) is 32.8. The van der Waals surface area contributed by atoms with Gasteiger partial charge in [0.15, 0.2) is 0 Å².